The van der Waals surface area contributed by atoms with E-state index in [0.717, 1.165) is 24.4 Å². The van der Waals surface area contributed by atoms with Crippen molar-refractivity contribution in [3.05, 3.63) is 34.3 Å². The molecule has 0 aliphatic heterocycles. The Labute approximate surface area is 126 Å². The van der Waals surface area contributed by atoms with Gasteiger partial charge in [-0.05, 0) is 48.8 Å². The molecule has 1 fully saturated rings. The lowest BCUT2D eigenvalue weighted by atomic mass is 9.81. The lowest BCUT2D eigenvalue weighted by Gasteiger charge is -2.31. The number of halogens is 1. The lowest BCUT2D eigenvalue weighted by Crippen LogP contribution is -2.34. The van der Waals surface area contributed by atoms with Crippen molar-refractivity contribution in [2.45, 2.75) is 58.5 Å². The van der Waals surface area contributed by atoms with Gasteiger partial charge >= 0.3 is 0 Å². The van der Waals surface area contributed by atoms with Gasteiger partial charge in [-0.15, -0.1) is 0 Å². The van der Waals surface area contributed by atoms with Crippen LogP contribution in [-0.2, 0) is 6.54 Å². The molecule has 1 aliphatic rings. The SMILES string of the molecule is CC(C)CC1CCCC(NCc2cccc(Br)c2)C1. The average molecular weight is 324 g/mol. The van der Waals surface area contributed by atoms with Gasteiger partial charge in [0.25, 0.3) is 0 Å². The van der Waals surface area contributed by atoms with Crippen molar-refractivity contribution in [1.82, 2.24) is 5.32 Å². The summed E-state index contributed by atoms with van der Waals surface area (Å²) in [6.07, 6.45) is 6.95. The zero-order valence-electron chi connectivity index (χ0n) is 12.2. The Kier molecular flexibility index (Phi) is 5.90. The van der Waals surface area contributed by atoms with Crippen LogP contribution in [0.15, 0.2) is 28.7 Å². The highest BCUT2D eigenvalue weighted by atomic mass is 79.9. The van der Waals surface area contributed by atoms with Crippen LogP contribution >= 0.6 is 15.9 Å². The summed E-state index contributed by atoms with van der Waals surface area (Å²) in [5.74, 6) is 1.78. The van der Waals surface area contributed by atoms with Crippen LogP contribution in [-0.4, -0.2) is 6.04 Å². The third-order valence-corrected chi connectivity index (χ3v) is 4.56. The van der Waals surface area contributed by atoms with E-state index in [2.05, 4.69) is 59.4 Å². The van der Waals surface area contributed by atoms with Crippen LogP contribution < -0.4 is 5.32 Å². The fourth-order valence-electron chi connectivity index (χ4n) is 3.27. The molecule has 0 amide bonds. The van der Waals surface area contributed by atoms with E-state index in [-0.39, 0.29) is 0 Å². The van der Waals surface area contributed by atoms with Crippen molar-refractivity contribution in [3.63, 3.8) is 0 Å². The van der Waals surface area contributed by atoms with E-state index < -0.39 is 0 Å². The van der Waals surface area contributed by atoms with Crippen molar-refractivity contribution in [2.24, 2.45) is 11.8 Å². The third kappa shape index (κ3) is 5.27. The highest BCUT2D eigenvalue weighted by Gasteiger charge is 2.22. The molecule has 1 N–H and O–H groups in total. The van der Waals surface area contributed by atoms with Gasteiger partial charge in [0.05, 0.1) is 0 Å². The molecule has 0 spiro atoms. The van der Waals surface area contributed by atoms with Crippen LogP contribution in [0.5, 0.6) is 0 Å². The minimum atomic E-state index is 0.719. The molecule has 1 aromatic rings. The molecule has 19 heavy (non-hydrogen) atoms. The molecule has 0 aromatic heterocycles. The fourth-order valence-corrected chi connectivity index (χ4v) is 3.71. The molecular formula is C17H26BrN. The first kappa shape index (κ1) is 15.1. The number of hydrogen-bond acceptors (Lipinski definition) is 1. The quantitative estimate of drug-likeness (QED) is 0.790. The maximum atomic E-state index is 3.75. The lowest BCUT2D eigenvalue weighted by molar-refractivity contribution is 0.252. The fraction of sp³-hybridized carbons (Fsp3) is 0.647. The molecule has 2 heteroatoms. The van der Waals surface area contributed by atoms with Crippen LogP contribution in [0.2, 0.25) is 0 Å². The van der Waals surface area contributed by atoms with Crippen LogP contribution in [0.25, 0.3) is 0 Å². The van der Waals surface area contributed by atoms with Gasteiger partial charge in [-0.25, -0.2) is 0 Å². The maximum absolute atomic E-state index is 3.75. The van der Waals surface area contributed by atoms with Crippen LogP contribution in [0.1, 0.15) is 51.5 Å². The Bertz CT molecular complexity index is 389. The van der Waals surface area contributed by atoms with Crippen molar-refractivity contribution in [2.75, 3.05) is 0 Å². The maximum Gasteiger partial charge on any atom is 0.0208 e. The van der Waals surface area contributed by atoms with Gasteiger partial charge in [0.1, 0.15) is 0 Å². The molecule has 2 rings (SSSR count). The second kappa shape index (κ2) is 7.44. The van der Waals surface area contributed by atoms with E-state index >= 15 is 0 Å². The van der Waals surface area contributed by atoms with Gasteiger partial charge in [-0.1, -0.05) is 54.8 Å². The zero-order chi connectivity index (χ0) is 13.7. The highest BCUT2D eigenvalue weighted by Crippen LogP contribution is 2.29. The molecule has 1 saturated carbocycles. The van der Waals surface area contributed by atoms with Crippen molar-refractivity contribution in [3.8, 4) is 0 Å². The molecular weight excluding hydrogens is 298 g/mol. The molecule has 0 heterocycles. The molecule has 0 radical (unpaired) electrons. The van der Waals surface area contributed by atoms with E-state index in [0.29, 0.717) is 0 Å². The molecule has 0 bridgehead atoms. The molecule has 2 atom stereocenters. The second-order valence-electron chi connectivity index (χ2n) is 6.37. The van der Waals surface area contributed by atoms with E-state index in [1.165, 1.54) is 42.1 Å². The van der Waals surface area contributed by atoms with Crippen molar-refractivity contribution >= 4 is 15.9 Å². The van der Waals surface area contributed by atoms with Crippen LogP contribution in [0, 0.1) is 11.8 Å². The van der Waals surface area contributed by atoms with Gasteiger partial charge in [-0.3, -0.25) is 0 Å². The summed E-state index contributed by atoms with van der Waals surface area (Å²) < 4.78 is 1.17. The Hall–Kier alpha value is -0.340. The summed E-state index contributed by atoms with van der Waals surface area (Å²) in [5, 5.41) is 3.75. The molecule has 0 saturated heterocycles. The Morgan fingerprint density at radius 2 is 2.16 bits per heavy atom. The van der Waals surface area contributed by atoms with Gasteiger partial charge in [-0.2, -0.15) is 0 Å². The first-order valence-electron chi connectivity index (χ1n) is 7.61. The highest BCUT2D eigenvalue weighted by molar-refractivity contribution is 9.10. The van der Waals surface area contributed by atoms with E-state index in [1.54, 1.807) is 0 Å². The molecule has 1 aliphatic carbocycles. The largest absolute Gasteiger partial charge is 0.310 e. The van der Waals surface area contributed by atoms with Crippen LogP contribution in [0.4, 0.5) is 0 Å². The Morgan fingerprint density at radius 1 is 1.32 bits per heavy atom. The zero-order valence-corrected chi connectivity index (χ0v) is 13.7. The summed E-state index contributed by atoms with van der Waals surface area (Å²) in [5.41, 5.74) is 1.38. The van der Waals surface area contributed by atoms with Gasteiger partial charge < -0.3 is 5.32 Å². The van der Waals surface area contributed by atoms with Gasteiger partial charge in [0.2, 0.25) is 0 Å². The standard InChI is InChI=1S/C17H26BrN/c1-13(2)9-14-5-4-8-17(11-14)19-12-15-6-3-7-16(18)10-15/h3,6-7,10,13-14,17,19H,4-5,8-9,11-12H2,1-2H3. The molecule has 2 unspecified atom stereocenters. The third-order valence-electron chi connectivity index (χ3n) is 4.07. The smallest absolute Gasteiger partial charge is 0.0208 e. The van der Waals surface area contributed by atoms with E-state index in [9.17, 15) is 0 Å². The summed E-state index contributed by atoms with van der Waals surface area (Å²) >= 11 is 3.54. The predicted octanol–water partition coefficient (Wildman–Crippen LogP) is 5.14. The Balaban J connectivity index is 1.79. The van der Waals surface area contributed by atoms with Gasteiger partial charge in [0.15, 0.2) is 0 Å². The molecule has 1 aromatic carbocycles. The second-order valence-corrected chi connectivity index (χ2v) is 7.29. The summed E-state index contributed by atoms with van der Waals surface area (Å²) in [7, 11) is 0. The summed E-state index contributed by atoms with van der Waals surface area (Å²) in [6.45, 7) is 5.69. The minimum Gasteiger partial charge on any atom is -0.310 e. The monoisotopic (exact) mass is 323 g/mol. The topological polar surface area (TPSA) is 12.0 Å². The van der Waals surface area contributed by atoms with Crippen molar-refractivity contribution < 1.29 is 0 Å². The van der Waals surface area contributed by atoms with Crippen molar-refractivity contribution in [1.29, 1.82) is 0 Å². The van der Waals surface area contributed by atoms with E-state index in [4.69, 9.17) is 0 Å². The first-order chi connectivity index (χ1) is 9.13. The normalized spacial score (nSPS) is 23.8. The number of rotatable bonds is 5. The predicted molar refractivity (Wildman–Crippen MR) is 86.2 cm³/mol. The molecule has 1 nitrogen and oxygen atoms in total. The number of nitrogens with one attached hydrogen (secondary N) is 1. The Morgan fingerprint density at radius 3 is 2.89 bits per heavy atom. The first-order valence-corrected chi connectivity index (χ1v) is 8.40. The average Bonchev–Trinajstić information content (AvgIpc) is 2.36. The van der Waals surface area contributed by atoms with E-state index in [1.807, 2.05) is 0 Å². The number of benzene rings is 1. The minimum absolute atomic E-state index is 0.719. The van der Waals surface area contributed by atoms with Gasteiger partial charge in [0, 0.05) is 17.1 Å². The summed E-state index contributed by atoms with van der Waals surface area (Å²) in [6, 6.07) is 9.33. The van der Waals surface area contributed by atoms with Crippen LogP contribution in [0.3, 0.4) is 0 Å². The molecule has 106 valence electrons. The summed E-state index contributed by atoms with van der Waals surface area (Å²) in [4.78, 5) is 0. The number of hydrogen-bond donors (Lipinski definition) is 1.